The molecular formula is C26H26ClN3O4. The smallest absolute Gasteiger partial charge is 0.264 e. The number of pyridine rings is 1. The van der Waals surface area contributed by atoms with Gasteiger partial charge in [-0.15, -0.1) is 0 Å². The van der Waals surface area contributed by atoms with Crippen LogP contribution in [0.15, 0.2) is 51.8 Å². The summed E-state index contributed by atoms with van der Waals surface area (Å²) in [4.78, 5) is 26.4. The lowest BCUT2D eigenvalue weighted by Gasteiger charge is -2.31. The first kappa shape index (κ1) is 22.5. The molecule has 0 aliphatic heterocycles. The fourth-order valence-electron chi connectivity index (χ4n) is 5.23. The van der Waals surface area contributed by atoms with E-state index in [1.165, 1.54) is 0 Å². The van der Waals surface area contributed by atoms with E-state index in [-0.39, 0.29) is 23.4 Å². The highest BCUT2D eigenvalue weighted by Gasteiger charge is 2.29. The van der Waals surface area contributed by atoms with Gasteiger partial charge in [-0.25, -0.2) is 0 Å². The number of amides is 1. The molecule has 0 saturated heterocycles. The van der Waals surface area contributed by atoms with Crippen molar-refractivity contribution in [2.75, 3.05) is 12.4 Å². The van der Waals surface area contributed by atoms with Gasteiger partial charge in [0.2, 0.25) is 5.91 Å². The Morgan fingerprint density at radius 3 is 2.85 bits per heavy atom. The molecule has 5 rings (SSSR count). The number of nitrogens with zero attached hydrogens (tertiary/aromatic N) is 2. The molecule has 1 N–H and O–H groups in total. The third kappa shape index (κ3) is 3.94. The van der Waals surface area contributed by atoms with Crippen LogP contribution in [0.2, 0.25) is 5.02 Å². The van der Waals surface area contributed by atoms with Crippen molar-refractivity contribution in [3.8, 4) is 5.75 Å². The number of carbonyl (C=O) groups excluding carboxylic acids is 1. The number of methoxy groups -OCH3 is 1. The number of halogens is 1. The Morgan fingerprint density at radius 1 is 1.21 bits per heavy atom. The number of rotatable bonds is 5. The Morgan fingerprint density at radius 2 is 2.03 bits per heavy atom. The summed E-state index contributed by atoms with van der Waals surface area (Å²) in [5, 5.41) is 8.83. The molecule has 4 aromatic rings. The molecule has 1 amide bonds. The van der Waals surface area contributed by atoms with Crippen molar-refractivity contribution < 1.29 is 14.1 Å². The number of hydrogen-bond donors (Lipinski definition) is 1. The number of hydrogen-bond acceptors (Lipinski definition) is 5. The first-order valence-corrected chi connectivity index (χ1v) is 11.9. The van der Waals surface area contributed by atoms with Gasteiger partial charge >= 0.3 is 0 Å². The number of aryl methyl sites for hydroxylation is 1. The van der Waals surface area contributed by atoms with Gasteiger partial charge in [0.1, 0.15) is 22.4 Å². The lowest BCUT2D eigenvalue weighted by atomic mass is 9.83. The van der Waals surface area contributed by atoms with Crippen molar-refractivity contribution in [2.45, 2.75) is 45.1 Å². The second-order valence-electron chi connectivity index (χ2n) is 8.91. The predicted octanol–water partition coefficient (Wildman–Crippen LogP) is 5.87. The summed E-state index contributed by atoms with van der Waals surface area (Å²) in [5.41, 5.74) is 1.80. The SMILES string of the molecule is COc1ccccc1NC(=O)C[C@@H]1CCC[C@H](n2c(=O)c3c(C)onc3c3c(Cl)cccc32)C1. The molecule has 1 aliphatic carbocycles. The second-order valence-corrected chi connectivity index (χ2v) is 9.32. The molecule has 0 spiro atoms. The lowest BCUT2D eigenvalue weighted by Crippen LogP contribution is -2.30. The van der Waals surface area contributed by atoms with Crippen LogP contribution in [0.4, 0.5) is 5.69 Å². The molecule has 0 unspecified atom stereocenters. The zero-order chi connectivity index (χ0) is 23.8. The van der Waals surface area contributed by atoms with Gasteiger partial charge in [0, 0.05) is 17.8 Å². The van der Waals surface area contributed by atoms with E-state index in [1.807, 2.05) is 41.0 Å². The molecule has 1 saturated carbocycles. The van der Waals surface area contributed by atoms with Crippen molar-refractivity contribution in [1.29, 1.82) is 0 Å². The molecule has 2 atom stereocenters. The van der Waals surface area contributed by atoms with E-state index in [0.29, 0.717) is 39.5 Å². The first-order valence-electron chi connectivity index (χ1n) is 11.5. The average Bonchev–Trinajstić information content (AvgIpc) is 3.21. The van der Waals surface area contributed by atoms with E-state index in [2.05, 4.69) is 10.5 Å². The maximum absolute atomic E-state index is 13.6. The maximum atomic E-state index is 13.6. The van der Waals surface area contributed by atoms with E-state index in [1.54, 1.807) is 20.1 Å². The van der Waals surface area contributed by atoms with Gasteiger partial charge < -0.3 is 19.1 Å². The van der Waals surface area contributed by atoms with Gasteiger partial charge in [0.25, 0.3) is 5.56 Å². The number of aromatic nitrogens is 2. The van der Waals surface area contributed by atoms with Gasteiger partial charge in [-0.1, -0.05) is 41.4 Å². The monoisotopic (exact) mass is 479 g/mol. The number of carbonyl (C=O) groups is 1. The van der Waals surface area contributed by atoms with Gasteiger partial charge in [-0.2, -0.15) is 0 Å². The second kappa shape index (κ2) is 9.14. The normalized spacial score (nSPS) is 18.3. The molecule has 1 fully saturated rings. The van der Waals surface area contributed by atoms with E-state index in [4.69, 9.17) is 20.9 Å². The Labute approximate surface area is 201 Å². The molecular weight excluding hydrogens is 454 g/mol. The summed E-state index contributed by atoms with van der Waals surface area (Å²) in [7, 11) is 1.58. The van der Waals surface area contributed by atoms with Crippen molar-refractivity contribution in [1.82, 2.24) is 9.72 Å². The summed E-state index contributed by atoms with van der Waals surface area (Å²) in [6.07, 6.45) is 3.86. The molecule has 7 nitrogen and oxygen atoms in total. The standard InChI is InChI=1S/C26H26ClN3O4/c1-15-23-25(29-34-15)24-18(27)9-6-11-20(24)30(26(23)32)17-8-5-7-16(13-17)14-22(31)28-19-10-3-4-12-21(19)33-2/h3-4,6,9-12,16-17H,5,7-8,13-14H2,1-2H3,(H,28,31)/t16-,17+/m1/s1. The quantitative estimate of drug-likeness (QED) is 0.386. The number of benzene rings is 2. The first-order chi connectivity index (χ1) is 16.5. The Kier molecular flexibility index (Phi) is 6.04. The zero-order valence-corrected chi connectivity index (χ0v) is 19.9. The van der Waals surface area contributed by atoms with Crippen LogP contribution in [0, 0.1) is 12.8 Å². The fraction of sp³-hybridized carbons (Fsp3) is 0.346. The highest BCUT2D eigenvalue weighted by Crippen LogP contribution is 2.38. The van der Waals surface area contributed by atoms with Gasteiger partial charge in [0.15, 0.2) is 0 Å². The van der Waals surface area contributed by atoms with Crippen LogP contribution in [0.5, 0.6) is 5.75 Å². The van der Waals surface area contributed by atoms with E-state index in [0.717, 1.165) is 36.6 Å². The summed E-state index contributed by atoms with van der Waals surface area (Å²) in [5.74, 6) is 1.22. The summed E-state index contributed by atoms with van der Waals surface area (Å²) < 4.78 is 12.5. The molecule has 1 aliphatic rings. The maximum Gasteiger partial charge on any atom is 0.264 e. The highest BCUT2D eigenvalue weighted by molar-refractivity contribution is 6.37. The third-order valence-electron chi connectivity index (χ3n) is 6.76. The number of anilines is 1. The Balaban J connectivity index is 1.45. The van der Waals surface area contributed by atoms with Crippen LogP contribution in [0.25, 0.3) is 21.8 Å². The number of ether oxygens (including phenoxy) is 1. The molecule has 8 heteroatoms. The molecule has 2 aromatic heterocycles. The Bertz CT molecular complexity index is 1440. The Hall–Kier alpha value is -3.32. The number of para-hydroxylation sites is 2. The minimum Gasteiger partial charge on any atom is -0.495 e. The molecule has 2 heterocycles. The predicted molar refractivity (Wildman–Crippen MR) is 133 cm³/mol. The fourth-order valence-corrected chi connectivity index (χ4v) is 5.49. The van der Waals surface area contributed by atoms with Gasteiger partial charge in [-0.05, 0) is 56.4 Å². The summed E-state index contributed by atoms with van der Waals surface area (Å²) in [6.45, 7) is 1.75. The number of fused-ring (bicyclic) bond motifs is 3. The molecule has 34 heavy (non-hydrogen) atoms. The van der Waals surface area contributed by atoms with E-state index >= 15 is 0 Å². The van der Waals surface area contributed by atoms with Crippen molar-refractivity contribution in [3.63, 3.8) is 0 Å². The largest absolute Gasteiger partial charge is 0.495 e. The summed E-state index contributed by atoms with van der Waals surface area (Å²) in [6, 6.07) is 12.9. The van der Waals surface area contributed by atoms with Crippen LogP contribution >= 0.6 is 11.6 Å². The van der Waals surface area contributed by atoms with Crippen molar-refractivity contribution >= 4 is 45.0 Å². The van der Waals surface area contributed by atoms with Crippen LogP contribution in [0.3, 0.4) is 0 Å². The lowest BCUT2D eigenvalue weighted by molar-refractivity contribution is -0.117. The van der Waals surface area contributed by atoms with Crippen LogP contribution < -0.4 is 15.6 Å². The van der Waals surface area contributed by atoms with Gasteiger partial charge in [0.05, 0.1) is 23.3 Å². The average molecular weight is 480 g/mol. The third-order valence-corrected chi connectivity index (χ3v) is 7.07. The minimum atomic E-state index is -0.118. The minimum absolute atomic E-state index is 0.0371. The zero-order valence-electron chi connectivity index (χ0n) is 19.1. The van der Waals surface area contributed by atoms with Crippen LogP contribution in [-0.2, 0) is 4.79 Å². The van der Waals surface area contributed by atoms with E-state index in [9.17, 15) is 9.59 Å². The highest BCUT2D eigenvalue weighted by atomic mass is 35.5. The van der Waals surface area contributed by atoms with Crippen LogP contribution in [-0.4, -0.2) is 22.7 Å². The topological polar surface area (TPSA) is 86.4 Å². The molecule has 0 radical (unpaired) electrons. The number of nitrogens with one attached hydrogen (secondary N) is 1. The molecule has 2 aromatic carbocycles. The summed E-state index contributed by atoms with van der Waals surface area (Å²) >= 11 is 6.55. The van der Waals surface area contributed by atoms with Gasteiger partial charge in [-0.3, -0.25) is 9.59 Å². The van der Waals surface area contributed by atoms with Crippen molar-refractivity contribution in [2.24, 2.45) is 5.92 Å². The van der Waals surface area contributed by atoms with E-state index < -0.39 is 0 Å². The molecule has 176 valence electrons. The molecule has 0 bridgehead atoms. The van der Waals surface area contributed by atoms with Crippen LogP contribution in [0.1, 0.15) is 43.9 Å². The van der Waals surface area contributed by atoms with Crippen molar-refractivity contribution in [3.05, 3.63) is 63.6 Å².